The smallest absolute Gasteiger partial charge is 0.261 e. The molecule has 2 aromatic rings. The normalized spacial score (nSPS) is 10.2. The van der Waals surface area contributed by atoms with Crippen molar-refractivity contribution < 1.29 is 14.3 Å². The highest BCUT2D eigenvalue weighted by Gasteiger charge is 2.06. The Labute approximate surface area is 146 Å². The first kappa shape index (κ1) is 18.0. The van der Waals surface area contributed by atoms with E-state index in [1.807, 2.05) is 37.4 Å². The van der Waals surface area contributed by atoms with E-state index < -0.39 is 0 Å². The second-order valence-electron chi connectivity index (χ2n) is 5.55. The van der Waals surface area contributed by atoms with Gasteiger partial charge in [-0.3, -0.25) is 9.59 Å². The van der Waals surface area contributed by atoms with Crippen molar-refractivity contribution in [3.63, 3.8) is 0 Å². The topological polar surface area (TPSA) is 67.4 Å². The lowest BCUT2D eigenvalue weighted by molar-refractivity contribution is -0.123. The summed E-state index contributed by atoms with van der Waals surface area (Å²) in [5, 5.41) is 7.46. The van der Waals surface area contributed by atoms with E-state index in [1.54, 1.807) is 6.07 Å². The molecule has 0 saturated heterocycles. The zero-order valence-electron chi connectivity index (χ0n) is 13.9. The Hall–Kier alpha value is -2.34. The summed E-state index contributed by atoms with van der Waals surface area (Å²) in [4.78, 5) is 24.2. The quantitative estimate of drug-likeness (QED) is 0.722. The first-order valence-electron chi connectivity index (χ1n) is 7.84. The third kappa shape index (κ3) is 6.04. The van der Waals surface area contributed by atoms with Crippen LogP contribution in [0.1, 0.15) is 27.2 Å². The van der Waals surface area contributed by atoms with E-state index in [-0.39, 0.29) is 18.4 Å². The molecular weight excluding hydrogens is 324 g/mol. The molecule has 0 spiro atoms. The third-order valence-corrected chi connectivity index (χ3v) is 4.14. The minimum atomic E-state index is -0.168. The van der Waals surface area contributed by atoms with Gasteiger partial charge in [-0.2, -0.15) is 0 Å². The first-order chi connectivity index (χ1) is 11.5. The molecule has 0 fully saturated rings. The lowest BCUT2D eigenvalue weighted by Crippen LogP contribution is -2.32. The number of carbonyl (C=O) groups excluding carboxylic acids is 2. The van der Waals surface area contributed by atoms with Crippen LogP contribution in [0.3, 0.4) is 0 Å². The zero-order chi connectivity index (χ0) is 17.4. The second kappa shape index (κ2) is 9.08. The van der Waals surface area contributed by atoms with Crippen molar-refractivity contribution >= 4 is 23.2 Å². The molecule has 1 aromatic carbocycles. The molecule has 128 valence electrons. The van der Waals surface area contributed by atoms with Crippen LogP contribution >= 0.6 is 11.3 Å². The molecule has 1 heterocycles. The Morgan fingerprint density at radius 2 is 1.79 bits per heavy atom. The maximum absolute atomic E-state index is 11.7. The van der Waals surface area contributed by atoms with Gasteiger partial charge in [0.25, 0.3) is 11.8 Å². The summed E-state index contributed by atoms with van der Waals surface area (Å²) in [7, 11) is 0. The van der Waals surface area contributed by atoms with E-state index in [0.29, 0.717) is 30.1 Å². The summed E-state index contributed by atoms with van der Waals surface area (Å²) in [6.07, 6.45) is 0.673. The number of nitrogens with one attached hydrogen (secondary N) is 2. The van der Waals surface area contributed by atoms with Gasteiger partial charge in [-0.1, -0.05) is 12.1 Å². The summed E-state index contributed by atoms with van der Waals surface area (Å²) in [5.41, 5.74) is 2.21. The van der Waals surface area contributed by atoms with E-state index in [0.717, 1.165) is 11.1 Å². The second-order valence-corrected chi connectivity index (χ2v) is 6.50. The lowest BCUT2D eigenvalue weighted by atomic mass is 10.1. The largest absolute Gasteiger partial charge is 0.484 e. The molecule has 5 nitrogen and oxygen atoms in total. The average molecular weight is 346 g/mol. The van der Waals surface area contributed by atoms with Gasteiger partial charge in [0.1, 0.15) is 5.75 Å². The number of hydrogen-bond acceptors (Lipinski definition) is 4. The van der Waals surface area contributed by atoms with Crippen LogP contribution in [0, 0.1) is 13.8 Å². The number of rotatable bonds is 8. The fraction of sp³-hybridized carbons (Fsp3) is 0.333. The first-order valence-corrected chi connectivity index (χ1v) is 8.72. The molecule has 0 aliphatic heterocycles. The number of ether oxygens (including phenoxy) is 1. The predicted molar refractivity (Wildman–Crippen MR) is 95.7 cm³/mol. The Kier molecular flexibility index (Phi) is 6.81. The van der Waals surface area contributed by atoms with Gasteiger partial charge in [-0.25, -0.2) is 0 Å². The molecule has 1 aromatic heterocycles. The molecule has 24 heavy (non-hydrogen) atoms. The Morgan fingerprint density at radius 1 is 1.08 bits per heavy atom. The van der Waals surface area contributed by atoms with Gasteiger partial charge in [-0.15, -0.1) is 11.3 Å². The predicted octanol–water partition coefficient (Wildman–Crippen LogP) is 2.68. The molecule has 0 unspecified atom stereocenters. The molecule has 2 N–H and O–H groups in total. The van der Waals surface area contributed by atoms with E-state index in [4.69, 9.17) is 4.74 Å². The summed E-state index contributed by atoms with van der Waals surface area (Å²) in [6.45, 7) is 4.99. The summed E-state index contributed by atoms with van der Waals surface area (Å²) >= 11 is 1.41. The van der Waals surface area contributed by atoms with Crippen LogP contribution in [-0.4, -0.2) is 31.5 Å². The fourth-order valence-electron chi connectivity index (χ4n) is 2.23. The summed E-state index contributed by atoms with van der Waals surface area (Å²) < 4.78 is 5.49. The molecule has 0 radical (unpaired) electrons. The number of carbonyl (C=O) groups is 2. The monoisotopic (exact) mass is 346 g/mol. The van der Waals surface area contributed by atoms with Crippen molar-refractivity contribution in [3.8, 4) is 5.75 Å². The van der Waals surface area contributed by atoms with Crippen LogP contribution in [0.5, 0.6) is 5.75 Å². The Morgan fingerprint density at radius 3 is 2.46 bits per heavy atom. The minimum absolute atomic E-state index is 0.00948. The van der Waals surface area contributed by atoms with Crippen molar-refractivity contribution in [3.05, 3.63) is 51.7 Å². The van der Waals surface area contributed by atoms with E-state index in [2.05, 4.69) is 16.7 Å². The number of benzene rings is 1. The van der Waals surface area contributed by atoms with Crippen LogP contribution in [0.25, 0.3) is 0 Å². The molecule has 0 aliphatic carbocycles. The Balaban J connectivity index is 1.59. The van der Waals surface area contributed by atoms with Gasteiger partial charge in [0.15, 0.2) is 6.61 Å². The highest BCUT2D eigenvalue weighted by molar-refractivity contribution is 7.12. The van der Waals surface area contributed by atoms with Gasteiger partial charge < -0.3 is 15.4 Å². The summed E-state index contributed by atoms with van der Waals surface area (Å²) in [6, 6.07) is 9.49. The molecule has 0 atom stereocenters. The van der Waals surface area contributed by atoms with Gasteiger partial charge in [-0.05, 0) is 55.0 Å². The number of thiophene rings is 1. The lowest BCUT2D eigenvalue weighted by Gasteiger charge is -2.09. The highest BCUT2D eigenvalue weighted by atomic mass is 32.1. The minimum Gasteiger partial charge on any atom is -0.484 e. The van der Waals surface area contributed by atoms with Crippen LogP contribution in [0.15, 0.2) is 35.7 Å². The van der Waals surface area contributed by atoms with Gasteiger partial charge in [0.2, 0.25) is 0 Å². The van der Waals surface area contributed by atoms with Crippen molar-refractivity contribution in [1.82, 2.24) is 10.6 Å². The van der Waals surface area contributed by atoms with Gasteiger partial charge in [0.05, 0.1) is 4.88 Å². The highest BCUT2D eigenvalue weighted by Crippen LogP contribution is 2.15. The molecule has 0 bridgehead atoms. The zero-order valence-corrected chi connectivity index (χ0v) is 14.7. The fourth-order valence-corrected chi connectivity index (χ4v) is 2.87. The molecule has 2 rings (SSSR count). The van der Waals surface area contributed by atoms with Crippen molar-refractivity contribution in [2.45, 2.75) is 20.3 Å². The number of amides is 2. The van der Waals surface area contributed by atoms with Crippen LogP contribution in [0.4, 0.5) is 0 Å². The average Bonchev–Trinajstić information content (AvgIpc) is 3.06. The van der Waals surface area contributed by atoms with Crippen LogP contribution in [0.2, 0.25) is 0 Å². The summed E-state index contributed by atoms with van der Waals surface area (Å²) in [5.74, 6) is 0.457. The molecule has 2 amide bonds. The third-order valence-electron chi connectivity index (χ3n) is 3.27. The van der Waals surface area contributed by atoms with E-state index >= 15 is 0 Å². The SMILES string of the molecule is Cc1cc(C)cc(OCC(=O)NCCCNC(=O)c2cccs2)c1. The van der Waals surface area contributed by atoms with Gasteiger partial charge in [0, 0.05) is 13.1 Å². The Bertz CT molecular complexity index is 663. The van der Waals surface area contributed by atoms with E-state index in [1.165, 1.54) is 11.3 Å². The molecule has 0 saturated carbocycles. The standard InChI is InChI=1S/C18H22N2O3S/c1-13-9-14(2)11-15(10-13)23-12-17(21)19-6-4-7-20-18(22)16-5-3-8-24-16/h3,5,8-11H,4,6-7,12H2,1-2H3,(H,19,21)(H,20,22). The molecule has 6 heteroatoms. The van der Waals surface area contributed by atoms with Crippen LogP contribution < -0.4 is 15.4 Å². The molecular formula is C18H22N2O3S. The number of hydrogen-bond donors (Lipinski definition) is 2. The van der Waals surface area contributed by atoms with E-state index in [9.17, 15) is 9.59 Å². The van der Waals surface area contributed by atoms with Crippen molar-refractivity contribution in [1.29, 1.82) is 0 Å². The van der Waals surface area contributed by atoms with Crippen LogP contribution in [-0.2, 0) is 4.79 Å². The number of aryl methyl sites for hydroxylation is 2. The molecule has 0 aliphatic rings. The van der Waals surface area contributed by atoms with Gasteiger partial charge >= 0.3 is 0 Å². The maximum atomic E-state index is 11.7. The van der Waals surface area contributed by atoms with Crippen molar-refractivity contribution in [2.24, 2.45) is 0 Å². The maximum Gasteiger partial charge on any atom is 0.261 e. The van der Waals surface area contributed by atoms with Crippen molar-refractivity contribution in [2.75, 3.05) is 19.7 Å².